The van der Waals surface area contributed by atoms with Crippen LogP contribution in [0.2, 0.25) is 10.0 Å². The Hall–Kier alpha value is -3.00. The monoisotopic (exact) mass is 527 g/mol. The average molecular weight is 528 g/mol. The summed E-state index contributed by atoms with van der Waals surface area (Å²) >= 11 is 12.3. The second kappa shape index (κ2) is 9.57. The van der Waals surface area contributed by atoms with Crippen molar-refractivity contribution in [3.63, 3.8) is 0 Å². The van der Waals surface area contributed by atoms with Crippen molar-refractivity contribution in [2.24, 2.45) is 0 Å². The standard InChI is InChI=1S/C26H23Cl2N3O3S/c27-19-9-11-20(12-10-19)35(33,34)25-17-31(23-7-3-1-5-21(23)25)18-26(32)30-15-13-29(14-16-30)24-8-4-2-6-22(24)28/h1-12,17H,13-16,18H2. The molecule has 0 radical (unpaired) electrons. The molecule has 1 fully saturated rings. The molecule has 3 aromatic carbocycles. The minimum atomic E-state index is -3.79. The van der Waals surface area contributed by atoms with Crippen LogP contribution in [0.5, 0.6) is 0 Å². The van der Waals surface area contributed by atoms with Crippen LogP contribution in [0.25, 0.3) is 10.9 Å². The maximum absolute atomic E-state index is 13.4. The highest BCUT2D eigenvalue weighted by atomic mass is 35.5. The summed E-state index contributed by atoms with van der Waals surface area (Å²) in [5.41, 5.74) is 1.66. The van der Waals surface area contributed by atoms with Crippen LogP contribution in [0.1, 0.15) is 0 Å². The van der Waals surface area contributed by atoms with Crippen molar-refractivity contribution in [3.05, 3.63) is 89.0 Å². The minimum Gasteiger partial charge on any atom is -0.367 e. The number of anilines is 1. The largest absolute Gasteiger partial charge is 0.367 e. The molecule has 4 aromatic rings. The number of hydrogen-bond donors (Lipinski definition) is 0. The molecule has 5 rings (SSSR count). The maximum Gasteiger partial charge on any atom is 0.242 e. The van der Waals surface area contributed by atoms with E-state index in [4.69, 9.17) is 23.2 Å². The van der Waals surface area contributed by atoms with Crippen molar-refractivity contribution in [3.8, 4) is 0 Å². The average Bonchev–Trinajstić information content (AvgIpc) is 3.24. The summed E-state index contributed by atoms with van der Waals surface area (Å²) in [6.45, 7) is 2.55. The highest BCUT2D eigenvalue weighted by Crippen LogP contribution is 2.31. The fraction of sp³-hybridized carbons (Fsp3) is 0.192. The highest BCUT2D eigenvalue weighted by molar-refractivity contribution is 7.91. The lowest BCUT2D eigenvalue weighted by atomic mass is 10.2. The number of carbonyl (C=O) groups excluding carboxylic acids is 1. The number of fused-ring (bicyclic) bond motifs is 1. The number of amides is 1. The van der Waals surface area contributed by atoms with E-state index >= 15 is 0 Å². The van der Waals surface area contributed by atoms with E-state index in [1.807, 2.05) is 41.3 Å². The highest BCUT2D eigenvalue weighted by Gasteiger charge is 2.26. The van der Waals surface area contributed by atoms with Crippen LogP contribution in [0.3, 0.4) is 0 Å². The molecule has 1 aliphatic heterocycles. The molecule has 1 aliphatic rings. The predicted octanol–water partition coefficient (Wildman–Crippen LogP) is 5.13. The quantitative estimate of drug-likeness (QED) is 0.361. The Labute approximate surface area is 214 Å². The van der Waals surface area contributed by atoms with E-state index in [0.29, 0.717) is 47.1 Å². The lowest BCUT2D eigenvalue weighted by Gasteiger charge is -2.36. The summed E-state index contributed by atoms with van der Waals surface area (Å²) in [5, 5.41) is 1.74. The summed E-state index contributed by atoms with van der Waals surface area (Å²) in [5.74, 6) is -0.0556. The Kier molecular flexibility index (Phi) is 6.49. The van der Waals surface area contributed by atoms with Gasteiger partial charge in [0, 0.05) is 48.3 Å². The van der Waals surface area contributed by atoms with Crippen LogP contribution < -0.4 is 4.90 Å². The summed E-state index contributed by atoms with van der Waals surface area (Å²) < 4.78 is 28.5. The van der Waals surface area contributed by atoms with E-state index in [1.54, 1.807) is 35.0 Å². The summed E-state index contributed by atoms with van der Waals surface area (Å²) in [6, 6.07) is 21.0. The summed E-state index contributed by atoms with van der Waals surface area (Å²) in [6.07, 6.45) is 1.56. The van der Waals surface area contributed by atoms with Gasteiger partial charge in [-0.2, -0.15) is 0 Å². The van der Waals surface area contributed by atoms with Crippen molar-refractivity contribution >= 4 is 55.5 Å². The molecule has 2 heterocycles. The van der Waals surface area contributed by atoms with E-state index < -0.39 is 9.84 Å². The molecule has 0 bridgehead atoms. The van der Waals surface area contributed by atoms with Crippen molar-refractivity contribution < 1.29 is 13.2 Å². The third kappa shape index (κ3) is 4.63. The number of halogens is 2. The van der Waals surface area contributed by atoms with Gasteiger partial charge in [-0.25, -0.2) is 8.42 Å². The van der Waals surface area contributed by atoms with Crippen LogP contribution in [0.4, 0.5) is 5.69 Å². The fourth-order valence-corrected chi connectivity index (χ4v) is 6.31. The van der Waals surface area contributed by atoms with Gasteiger partial charge in [0.15, 0.2) is 0 Å². The molecule has 0 unspecified atom stereocenters. The molecule has 0 spiro atoms. The topological polar surface area (TPSA) is 62.6 Å². The van der Waals surface area contributed by atoms with Gasteiger partial charge in [-0.3, -0.25) is 4.79 Å². The Morgan fingerprint density at radius 1 is 0.829 bits per heavy atom. The van der Waals surface area contributed by atoms with Gasteiger partial charge in [0.05, 0.1) is 20.5 Å². The Balaban J connectivity index is 1.37. The Bertz CT molecular complexity index is 1490. The lowest BCUT2D eigenvalue weighted by Crippen LogP contribution is -2.49. The number of nitrogens with zero attached hydrogens (tertiary/aromatic N) is 3. The molecular weight excluding hydrogens is 505 g/mol. The third-order valence-electron chi connectivity index (χ3n) is 6.30. The smallest absolute Gasteiger partial charge is 0.242 e. The molecule has 0 aliphatic carbocycles. The molecule has 0 N–H and O–H groups in total. The van der Waals surface area contributed by atoms with Crippen LogP contribution >= 0.6 is 23.2 Å². The molecule has 180 valence electrons. The molecule has 0 saturated carbocycles. The normalized spacial score (nSPS) is 14.5. The first kappa shape index (κ1) is 23.7. The van der Waals surface area contributed by atoms with Gasteiger partial charge < -0.3 is 14.4 Å². The van der Waals surface area contributed by atoms with Crippen molar-refractivity contribution in [1.82, 2.24) is 9.47 Å². The van der Waals surface area contributed by atoms with Gasteiger partial charge in [0.2, 0.25) is 15.7 Å². The van der Waals surface area contributed by atoms with Gasteiger partial charge in [-0.05, 0) is 42.5 Å². The number of benzene rings is 3. The van der Waals surface area contributed by atoms with Crippen LogP contribution in [0.15, 0.2) is 88.8 Å². The molecule has 1 saturated heterocycles. The van der Waals surface area contributed by atoms with Gasteiger partial charge >= 0.3 is 0 Å². The van der Waals surface area contributed by atoms with E-state index in [2.05, 4.69) is 4.90 Å². The summed E-state index contributed by atoms with van der Waals surface area (Å²) in [4.78, 5) is 17.5. The zero-order valence-corrected chi connectivity index (χ0v) is 21.1. The van der Waals surface area contributed by atoms with Crippen molar-refractivity contribution in [2.75, 3.05) is 31.1 Å². The fourth-order valence-electron chi connectivity index (χ4n) is 4.45. The number of carbonyl (C=O) groups is 1. The van der Waals surface area contributed by atoms with E-state index in [9.17, 15) is 13.2 Å². The zero-order chi connectivity index (χ0) is 24.6. The SMILES string of the molecule is O=C(Cn1cc(S(=O)(=O)c2ccc(Cl)cc2)c2ccccc21)N1CCN(c2ccccc2Cl)CC1. The van der Waals surface area contributed by atoms with Gasteiger partial charge in [0.1, 0.15) is 6.54 Å². The van der Waals surface area contributed by atoms with E-state index in [-0.39, 0.29) is 22.2 Å². The zero-order valence-electron chi connectivity index (χ0n) is 18.8. The molecule has 1 aromatic heterocycles. The van der Waals surface area contributed by atoms with Crippen molar-refractivity contribution in [1.29, 1.82) is 0 Å². The molecule has 1 amide bonds. The number of aromatic nitrogens is 1. The third-order valence-corrected chi connectivity index (χ3v) is 8.67. The van der Waals surface area contributed by atoms with Gasteiger partial charge in [0.25, 0.3) is 0 Å². The second-order valence-electron chi connectivity index (χ2n) is 8.42. The minimum absolute atomic E-state index is 0.0556. The number of rotatable bonds is 5. The number of sulfone groups is 1. The molecule has 6 nitrogen and oxygen atoms in total. The number of para-hydroxylation sites is 2. The first-order valence-corrected chi connectivity index (χ1v) is 13.4. The summed E-state index contributed by atoms with van der Waals surface area (Å²) in [7, 11) is -3.79. The lowest BCUT2D eigenvalue weighted by molar-refractivity contribution is -0.132. The molecular formula is C26H23Cl2N3O3S. The van der Waals surface area contributed by atoms with Crippen LogP contribution in [0, 0.1) is 0 Å². The molecule has 35 heavy (non-hydrogen) atoms. The first-order valence-electron chi connectivity index (χ1n) is 11.2. The first-order chi connectivity index (χ1) is 16.8. The molecule has 0 atom stereocenters. The van der Waals surface area contributed by atoms with Crippen LogP contribution in [-0.4, -0.2) is 50.0 Å². The van der Waals surface area contributed by atoms with Crippen LogP contribution in [-0.2, 0) is 21.2 Å². The second-order valence-corrected chi connectivity index (χ2v) is 11.2. The van der Waals surface area contributed by atoms with Gasteiger partial charge in [-0.1, -0.05) is 53.5 Å². The Morgan fingerprint density at radius 2 is 1.49 bits per heavy atom. The number of hydrogen-bond acceptors (Lipinski definition) is 4. The Morgan fingerprint density at radius 3 is 2.20 bits per heavy atom. The number of piperazine rings is 1. The van der Waals surface area contributed by atoms with E-state index in [0.717, 1.165) is 5.69 Å². The molecule has 9 heteroatoms. The van der Waals surface area contributed by atoms with Crippen molar-refractivity contribution in [2.45, 2.75) is 16.3 Å². The van der Waals surface area contributed by atoms with E-state index in [1.165, 1.54) is 12.1 Å². The maximum atomic E-state index is 13.4. The predicted molar refractivity (Wildman–Crippen MR) is 139 cm³/mol. The van der Waals surface area contributed by atoms with Gasteiger partial charge in [-0.15, -0.1) is 0 Å².